The molecule has 1 aromatic rings. The van der Waals surface area contributed by atoms with Crippen molar-refractivity contribution in [2.24, 2.45) is 0 Å². The van der Waals surface area contributed by atoms with Gasteiger partial charge in [-0.05, 0) is 40.5 Å². The first-order chi connectivity index (χ1) is 8.85. The molecule has 0 saturated carbocycles. The van der Waals surface area contributed by atoms with Crippen molar-refractivity contribution in [3.63, 3.8) is 0 Å². The van der Waals surface area contributed by atoms with Crippen molar-refractivity contribution in [1.82, 2.24) is 5.32 Å². The normalized spacial score (nSPS) is 15.6. The highest BCUT2D eigenvalue weighted by Gasteiger charge is 2.29. The average Bonchev–Trinajstić information content (AvgIpc) is 2.72. The number of nitrogens with one attached hydrogen (secondary N) is 1. The zero-order valence-electron chi connectivity index (χ0n) is 10.2. The van der Waals surface area contributed by atoms with Crippen molar-refractivity contribution in [2.45, 2.75) is 32.1 Å². The van der Waals surface area contributed by atoms with Crippen LogP contribution in [0.4, 0.5) is 13.2 Å². The quantitative estimate of drug-likeness (QED) is 0.908. The van der Waals surface area contributed by atoms with E-state index in [1.54, 1.807) is 12.1 Å². The maximum atomic E-state index is 12.2. The van der Waals surface area contributed by atoms with Gasteiger partial charge in [0.05, 0.1) is 10.9 Å². The Balaban J connectivity index is 1.95. The molecule has 0 aromatic heterocycles. The van der Waals surface area contributed by atoms with Gasteiger partial charge in [0.15, 0.2) is 11.5 Å². The third kappa shape index (κ3) is 4.01. The summed E-state index contributed by atoms with van der Waals surface area (Å²) in [4.78, 5) is 0. The van der Waals surface area contributed by atoms with E-state index in [1.165, 1.54) is 6.92 Å². The fraction of sp³-hybridized carbons (Fsp3) is 0.500. The molecule has 1 N–H and O–H groups in total. The SMILES string of the molecule is CC(CC(F)(F)F)NCc1cc(Br)c2c(c1)OCO2. The van der Waals surface area contributed by atoms with Gasteiger partial charge in [-0.3, -0.25) is 0 Å². The zero-order valence-corrected chi connectivity index (χ0v) is 11.8. The Morgan fingerprint density at radius 2 is 2.11 bits per heavy atom. The van der Waals surface area contributed by atoms with Crippen molar-refractivity contribution < 1.29 is 22.6 Å². The number of hydrogen-bond acceptors (Lipinski definition) is 3. The second-order valence-corrected chi connectivity index (χ2v) is 5.27. The van der Waals surface area contributed by atoms with E-state index in [9.17, 15) is 13.2 Å². The zero-order chi connectivity index (χ0) is 14.0. The lowest BCUT2D eigenvalue weighted by atomic mass is 10.1. The highest BCUT2D eigenvalue weighted by molar-refractivity contribution is 9.10. The standard InChI is InChI=1S/C12H13BrF3NO2/c1-7(4-12(14,15)16)17-5-8-2-9(13)11-10(3-8)18-6-19-11/h2-3,7,17H,4-6H2,1H3. The molecule has 2 rings (SSSR count). The second kappa shape index (κ2) is 5.58. The summed E-state index contributed by atoms with van der Waals surface area (Å²) in [6, 6.07) is 2.94. The number of benzene rings is 1. The Morgan fingerprint density at radius 1 is 1.37 bits per heavy atom. The minimum absolute atomic E-state index is 0.162. The van der Waals surface area contributed by atoms with Gasteiger partial charge < -0.3 is 14.8 Å². The fourth-order valence-electron chi connectivity index (χ4n) is 1.83. The average molecular weight is 340 g/mol. The maximum absolute atomic E-state index is 12.2. The summed E-state index contributed by atoms with van der Waals surface area (Å²) in [5, 5.41) is 2.84. The molecule has 0 spiro atoms. The first kappa shape index (κ1) is 14.5. The number of halogens is 4. The van der Waals surface area contributed by atoms with Crippen LogP contribution < -0.4 is 14.8 Å². The number of alkyl halides is 3. The van der Waals surface area contributed by atoms with Crippen LogP contribution in [0.25, 0.3) is 0 Å². The second-order valence-electron chi connectivity index (χ2n) is 4.41. The number of ether oxygens (including phenoxy) is 2. The van der Waals surface area contributed by atoms with E-state index in [0.717, 1.165) is 10.0 Å². The van der Waals surface area contributed by atoms with Crippen LogP contribution in [0.15, 0.2) is 16.6 Å². The van der Waals surface area contributed by atoms with Crippen molar-refractivity contribution in [3.8, 4) is 11.5 Å². The molecule has 0 radical (unpaired) electrons. The van der Waals surface area contributed by atoms with Crippen LogP contribution in [-0.2, 0) is 6.54 Å². The Morgan fingerprint density at radius 3 is 2.79 bits per heavy atom. The third-order valence-corrected chi connectivity index (χ3v) is 3.27. The molecule has 0 aliphatic carbocycles. The molecular weight excluding hydrogens is 327 g/mol. The number of rotatable bonds is 4. The van der Waals surface area contributed by atoms with Crippen LogP contribution in [0, 0.1) is 0 Å². The van der Waals surface area contributed by atoms with Gasteiger partial charge in [0.25, 0.3) is 0 Å². The largest absolute Gasteiger partial charge is 0.454 e. The van der Waals surface area contributed by atoms with E-state index in [-0.39, 0.29) is 6.79 Å². The van der Waals surface area contributed by atoms with Crippen LogP contribution in [0.2, 0.25) is 0 Å². The molecule has 7 heteroatoms. The van der Waals surface area contributed by atoms with Gasteiger partial charge in [-0.15, -0.1) is 0 Å². The molecule has 1 heterocycles. The van der Waals surface area contributed by atoms with E-state index in [2.05, 4.69) is 21.2 Å². The summed E-state index contributed by atoms with van der Waals surface area (Å²) in [5.74, 6) is 1.24. The molecule has 1 aromatic carbocycles. The topological polar surface area (TPSA) is 30.5 Å². The lowest BCUT2D eigenvalue weighted by Gasteiger charge is -2.16. The lowest BCUT2D eigenvalue weighted by molar-refractivity contribution is -0.139. The predicted octanol–water partition coefficient (Wildman–Crippen LogP) is 3.61. The van der Waals surface area contributed by atoms with Crippen molar-refractivity contribution in [3.05, 3.63) is 22.2 Å². The summed E-state index contributed by atoms with van der Waals surface area (Å²) in [6.07, 6.45) is -5.00. The monoisotopic (exact) mass is 339 g/mol. The van der Waals surface area contributed by atoms with E-state index < -0.39 is 18.6 Å². The van der Waals surface area contributed by atoms with Crippen molar-refractivity contribution in [1.29, 1.82) is 0 Å². The molecule has 1 aliphatic heterocycles. The van der Waals surface area contributed by atoms with E-state index in [1.807, 2.05) is 0 Å². The molecule has 0 fully saturated rings. The minimum Gasteiger partial charge on any atom is -0.454 e. The van der Waals surface area contributed by atoms with Gasteiger partial charge >= 0.3 is 6.18 Å². The van der Waals surface area contributed by atoms with Crippen LogP contribution in [0.3, 0.4) is 0 Å². The molecule has 3 nitrogen and oxygen atoms in total. The third-order valence-electron chi connectivity index (χ3n) is 2.68. The molecule has 19 heavy (non-hydrogen) atoms. The van der Waals surface area contributed by atoms with Gasteiger partial charge in [0, 0.05) is 12.6 Å². The maximum Gasteiger partial charge on any atom is 0.390 e. The Labute approximate surface area is 117 Å². The first-order valence-corrected chi connectivity index (χ1v) is 6.52. The molecule has 0 saturated heterocycles. The summed E-state index contributed by atoms with van der Waals surface area (Å²) in [5.41, 5.74) is 0.838. The molecule has 0 amide bonds. The smallest absolute Gasteiger partial charge is 0.390 e. The van der Waals surface area contributed by atoms with Gasteiger partial charge in [0.2, 0.25) is 6.79 Å². The number of hydrogen-bond donors (Lipinski definition) is 1. The van der Waals surface area contributed by atoms with E-state index in [4.69, 9.17) is 9.47 Å². The summed E-state index contributed by atoms with van der Waals surface area (Å²) in [7, 11) is 0. The molecule has 0 bridgehead atoms. The number of fused-ring (bicyclic) bond motifs is 1. The van der Waals surface area contributed by atoms with E-state index in [0.29, 0.717) is 18.0 Å². The minimum atomic E-state index is -4.15. The van der Waals surface area contributed by atoms with Gasteiger partial charge in [-0.25, -0.2) is 0 Å². The molecular formula is C12H13BrF3NO2. The highest BCUT2D eigenvalue weighted by Crippen LogP contribution is 2.39. The fourth-order valence-corrected chi connectivity index (χ4v) is 2.44. The van der Waals surface area contributed by atoms with Gasteiger partial charge in [0.1, 0.15) is 0 Å². The summed E-state index contributed by atoms with van der Waals surface area (Å²) in [6.45, 7) is 2.01. The summed E-state index contributed by atoms with van der Waals surface area (Å²) < 4.78 is 47.8. The lowest BCUT2D eigenvalue weighted by Crippen LogP contribution is -2.30. The first-order valence-electron chi connectivity index (χ1n) is 5.73. The Hall–Kier alpha value is -0.950. The molecule has 106 valence electrons. The van der Waals surface area contributed by atoms with Gasteiger partial charge in [-0.1, -0.05) is 0 Å². The van der Waals surface area contributed by atoms with Crippen LogP contribution in [-0.4, -0.2) is 19.0 Å². The molecule has 1 unspecified atom stereocenters. The van der Waals surface area contributed by atoms with Crippen molar-refractivity contribution >= 4 is 15.9 Å². The highest BCUT2D eigenvalue weighted by atomic mass is 79.9. The Kier molecular flexibility index (Phi) is 4.25. The van der Waals surface area contributed by atoms with Crippen LogP contribution in [0.1, 0.15) is 18.9 Å². The predicted molar refractivity (Wildman–Crippen MR) is 67.2 cm³/mol. The van der Waals surface area contributed by atoms with Crippen LogP contribution in [0.5, 0.6) is 11.5 Å². The van der Waals surface area contributed by atoms with Gasteiger partial charge in [-0.2, -0.15) is 13.2 Å². The van der Waals surface area contributed by atoms with Crippen LogP contribution >= 0.6 is 15.9 Å². The molecule has 1 aliphatic rings. The molecule has 1 atom stereocenters. The summed E-state index contributed by atoms with van der Waals surface area (Å²) >= 11 is 3.34. The Bertz CT molecular complexity index is 465. The van der Waals surface area contributed by atoms with Crippen molar-refractivity contribution in [2.75, 3.05) is 6.79 Å². The van der Waals surface area contributed by atoms with E-state index >= 15 is 0 Å².